The van der Waals surface area contributed by atoms with Gasteiger partial charge in [-0.1, -0.05) is 54.6 Å². The zero-order valence-corrected chi connectivity index (χ0v) is 22.9. The molecule has 3 aliphatic rings. The third-order valence-corrected chi connectivity index (χ3v) is 8.51. The van der Waals surface area contributed by atoms with E-state index >= 15 is 0 Å². The molecule has 0 bridgehead atoms. The number of para-hydroxylation sites is 1. The van der Waals surface area contributed by atoms with E-state index in [2.05, 4.69) is 5.32 Å². The summed E-state index contributed by atoms with van der Waals surface area (Å²) in [6.07, 6.45) is -4.49. The van der Waals surface area contributed by atoms with Crippen LogP contribution in [-0.2, 0) is 16.0 Å². The van der Waals surface area contributed by atoms with Crippen LogP contribution in [0.25, 0.3) is 0 Å². The van der Waals surface area contributed by atoms with E-state index in [4.69, 9.17) is 10.7 Å². The van der Waals surface area contributed by atoms with Crippen LogP contribution in [-0.4, -0.2) is 65.7 Å². The van der Waals surface area contributed by atoms with E-state index in [0.717, 1.165) is 0 Å². The Kier molecular flexibility index (Phi) is 6.59. The first-order chi connectivity index (χ1) is 20.4. The van der Waals surface area contributed by atoms with Crippen molar-refractivity contribution in [2.24, 2.45) is 10.7 Å². The van der Waals surface area contributed by atoms with Gasteiger partial charge in [-0.05, 0) is 42.2 Å². The molecule has 3 aromatic carbocycles. The molecule has 2 heterocycles. The molecule has 0 radical (unpaired) electrons. The van der Waals surface area contributed by atoms with Crippen molar-refractivity contribution in [2.45, 2.75) is 36.5 Å². The Balaban J connectivity index is 1.66. The number of hydrogen-bond donors (Lipinski definition) is 2. The number of amides is 5. The molecule has 220 valence electrons. The SMILES string of the molecule is CN1C(=O)NC(=O)C12CCc1cc(C(N)=O)ccc1C2[C@H]1N=C(c2ccccc2)c2ccccc2N(CC(F)(F)F)C1=O. The molecule has 0 aromatic heterocycles. The number of primary amides is 1. The number of hydrogen-bond acceptors (Lipinski definition) is 5. The molecule has 1 aliphatic carbocycles. The number of alkyl halides is 3. The second-order valence-corrected chi connectivity index (χ2v) is 10.8. The van der Waals surface area contributed by atoms with Crippen molar-refractivity contribution >= 4 is 35.2 Å². The van der Waals surface area contributed by atoms with Crippen molar-refractivity contribution < 1.29 is 32.3 Å². The summed E-state index contributed by atoms with van der Waals surface area (Å²) in [5.74, 6) is -3.55. The summed E-state index contributed by atoms with van der Waals surface area (Å²) in [6, 6.07) is 17.2. The van der Waals surface area contributed by atoms with E-state index in [1.165, 1.54) is 30.1 Å². The monoisotopic (exact) mass is 589 g/mol. The molecule has 1 spiro atoms. The average molecular weight is 590 g/mol. The number of imide groups is 1. The van der Waals surface area contributed by atoms with E-state index in [-0.39, 0.29) is 29.8 Å². The summed E-state index contributed by atoms with van der Waals surface area (Å²) in [6.45, 7) is -1.59. The highest BCUT2D eigenvalue weighted by atomic mass is 19.4. The Labute approximate surface area is 244 Å². The van der Waals surface area contributed by atoms with E-state index in [0.29, 0.717) is 27.2 Å². The van der Waals surface area contributed by atoms with Gasteiger partial charge in [-0.25, -0.2) is 4.79 Å². The Morgan fingerprint density at radius 3 is 2.40 bits per heavy atom. The lowest BCUT2D eigenvalue weighted by Gasteiger charge is -2.46. The molecule has 3 aromatic rings. The maximum atomic E-state index is 14.5. The minimum Gasteiger partial charge on any atom is -0.366 e. The molecule has 2 unspecified atom stereocenters. The van der Waals surface area contributed by atoms with Crippen molar-refractivity contribution in [2.75, 3.05) is 18.5 Å². The zero-order valence-electron chi connectivity index (χ0n) is 22.9. The Hall–Kier alpha value is -5.00. The van der Waals surface area contributed by atoms with Crippen LogP contribution in [0.1, 0.15) is 45.0 Å². The molecule has 3 N–H and O–H groups in total. The normalized spacial score (nSPS) is 23.4. The van der Waals surface area contributed by atoms with Crippen molar-refractivity contribution in [3.63, 3.8) is 0 Å². The summed E-state index contributed by atoms with van der Waals surface area (Å²) < 4.78 is 42.2. The fourth-order valence-electron chi connectivity index (χ4n) is 6.54. The number of anilines is 1. The fourth-order valence-corrected chi connectivity index (χ4v) is 6.54. The lowest BCUT2D eigenvalue weighted by molar-refractivity contribution is -0.135. The predicted molar refractivity (Wildman–Crippen MR) is 151 cm³/mol. The van der Waals surface area contributed by atoms with Crippen LogP contribution in [0.15, 0.2) is 77.8 Å². The van der Waals surface area contributed by atoms with Crippen LogP contribution >= 0.6 is 0 Å². The van der Waals surface area contributed by atoms with Crippen molar-refractivity contribution in [3.05, 3.63) is 101 Å². The average Bonchev–Trinajstić information content (AvgIpc) is 3.11. The maximum absolute atomic E-state index is 14.5. The molecule has 5 amide bonds. The highest BCUT2D eigenvalue weighted by Gasteiger charge is 2.62. The van der Waals surface area contributed by atoms with Crippen LogP contribution in [0, 0.1) is 0 Å². The summed E-state index contributed by atoms with van der Waals surface area (Å²) in [7, 11) is 1.42. The lowest BCUT2D eigenvalue weighted by atomic mass is 9.65. The quantitative estimate of drug-likeness (QED) is 0.452. The molecule has 1 fully saturated rings. The van der Waals surface area contributed by atoms with E-state index in [1.807, 2.05) is 0 Å². The lowest BCUT2D eigenvalue weighted by Crippen LogP contribution is -2.60. The maximum Gasteiger partial charge on any atom is 0.406 e. The predicted octanol–water partition coefficient (Wildman–Crippen LogP) is 3.55. The zero-order chi connectivity index (χ0) is 30.7. The highest BCUT2D eigenvalue weighted by molar-refractivity contribution is 6.20. The van der Waals surface area contributed by atoms with Gasteiger partial charge in [0.05, 0.1) is 11.4 Å². The number of aliphatic imine (C=N–C) groups is 1. The number of rotatable bonds is 4. The van der Waals surface area contributed by atoms with Gasteiger partial charge in [0.25, 0.3) is 11.8 Å². The largest absolute Gasteiger partial charge is 0.406 e. The third kappa shape index (κ3) is 4.53. The van der Waals surface area contributed by atoms with Gasteiger partial charge in [0.2, 0.25) is 5.91 Å². The summed E-state index contributed by atoms with van der Waals surface area (Å²) in [4.78, 5) is 59.8. The van der Waals surface area contributed by atoms with Crippen LogP contribution in [0.2, 0.25) is 0 Å². The number of benzene rings is 3. The minimum atomic E-state index is -4.76. The topological polar surface area (TPSA) is 125 Å². The van der Waals surface area contributed by atoms with Gasteiger partial charge in [-0.3, -0.25) is 24.7 Å². The number of carbonyl (C=O) groups is 4. The molecule has 9 nitrogen and oxygen atoms in total. The fraction of sp³-hybridized carbons (Fsp3) is 0.258. The number of likely N-dealkylation sites (N-methyl/N-ethyl adjacent to an activating group) is 1. The number of aryl methyl sites for hydroxylation is 1. The first kappa shape index (κ1) is 28.1. The number of nitrogens with zero attached hydrogens (tertiary/aromatic N) is 3. The highest BCUT2D eigenvalue weighted by Crippen LogP contribution is 2.49. The third-order valence-electron chi connectivity index (χ3n) is 8.51. The van der Waals surface area contributed by atoms with Crippen LogP contribution in [0.4, 0.5) is 23.7 Å². The van der Waals surface area contributed by atoms with Gasteiger partial charge in [0, 0.05) is 29.7 Å². The molecule has 12 heteroatoms. The van der Waals surface area contributed by atoms with Gasteiger partial charge < -0.3 is 15.5 Å². The minimum absolute atomic E-state index is 0.0180. The van der Waals surface area contributed by atoms with Gasteiger partial charge in [0.1, 0.15) is 18.1 Å². The standard InChI is InChI=1S/C31H26F3N5O4/c1-38-29(43)37-28(42)30(38)14-13-18-15-19(26(35)40)11-12-20(18)23(30)25-27(41)39(16-31(32,33)34)22-10-6-5-9-21(22)24(36-25)17-7-3-2-4-8-17/h2-12,15,23,25H,13-14,16H2,1H3,(H2,35,40)(H,37,42,43)/t23?,25-,30?/m1/s1. The van der Waals surface area contributed by atoms with Crippen molar-refractivity contribution in [1.82, 2.24) is 10.2 Å². The molecule has 1 saturated heterocycles. The Morgan fingerprint density at radius 2 is 1.74 bits per heavy atom. The number of nitrogens with one attached hydrogen (secondary N) is 1. The molecule has 2 aliphatic heterocycles. The smallest absolute Gasteiger partial charge is 0.366 e. The number of nitrogens with two attached hydrogens (primary N) is 1. The first-order valence-corrected chi connectivity index (χ1v) is 13.5. The Morgan fingerprint density at radius 1 is 1.05 bits per heavy atom. The van der Waals surface area contributed by atoms with E-state index < -0.39 is 54.0 Å². The molecular weight excluding hydrogens is 563 g/mol. The summed E-state index contributed by atoms with van der Waals surface area (Å²) >= 11 is 0. The van der Waals surface area contributed by atoms with Gasteiger partial charge in [0.15, 0.2) is 0 Å². The number of fused-ring (bicyclic) bond motifs is 2. The first-order valence-electron chi connectivity index (χ1n) is 13.5. The number of benzodiazepines with no additional fused rings is 1. The van der Waals surface area contributed by atoms with Crippen molar-refractivity contribution in [3.8, 4) is 0 Å². The number of halogens is 3. The van der Waals surface area contributed by atoms with Crippen LogP contribution in [0.3, 0.4) is 0 Å². The molecule has 0 saturated carbocycles. The van der Waals surface area contributed by atoms with Crippen LogP contribution in [0.5, 0.6) is 0 Å². The second-order valence-electron chi connectivity index (χ2n) is 10.8. The number of carbonyl (C=O) groups excluding carboxylic acids is 4. The Bertz CT molecular complexity index is 1710. The number of urea groups is 1. The molecular formula is C31H26F3N5O4. The second kappa shape index (κ2) is 10.1. The van der Waals surface area contributed by atoms with E-state index in [1.54, 1.807) is 54.6 Å². The molecule has 6 rings (SSSR count). The molecule has 3 atom stereocenters. The van der Waals surface area contributed by atoms with Crippen LogP contribution < -0.4 is 16.0 Å². The van der Waals surface area contributed by atoms with Gasteiger partial charge in [-0.15, -0.1) is 0 Å². The van der Waals surface area contributed by atoms with Gasteiger partial charge >= 0.3 is 12.2 Å². The van der Waals surface area contributed by atoms with Gasteiger partial charge in [-0.2, -0.15) is 13.2 Å². The summed E-state index contributed by atoms with van der Waals surface area (Å²) in [5.41, 5.74) is 6.20. The molecule has 43 heavy (non-hydrogen) atoms. The van der Waals surface area contributed by atoms with E-state index in [9.17, 15) is 32.3 Å². The van der Waals surface area contributed by atoms with Crippen molar-refractivity contribution in [1.29, 1.82) is 0 Å². The summed E-state index contributed by atoms with van der Waals surface area (Å²) in [5, 5.41) is 2.32.